The maximum absolute atomic E-state index is 13.2. The maximum atomic E-state index is 13.2. The van der Waals surface area contributed by atoms with Gasteiger partial charge in [0.25, 0.3) is 12.3 Å². The van der Waals surface area contributed by atoms with E-state index in [-0.39, 0.29) is 12.6 Å². The van der Waals surface area contributed by atoms with Crippen LogP contribution in [0.3, 0.4) is 0 Å². The molecule has 0 fully saturated rings. The second kappa shape index (κ2) is 8.34. The summed E-state index contributed by atoms with van der Waals surface area (Å²) in [6, 6.07) is 5.71. The van der Waals surface area contributed by atoms with Gasteiger partial charge in [-0.15, -0.1) is 11.3 Å². The van der Waals surface area contributed by atoms with Crippen LogP contribution in [0.15, 0.2) is 24.4 Å². The Morgan fingerprint density at radius 2 is 2.07 bits per heavy atom. The summed E-state index contributed by atoms with van der Waals surface area (Å²) in [6.07, 6.45) is -0.369. The van der Waals surface area contributed by atoms with Gasteiger partial charge in [0.1, 0.15) is 0 Å². The molecule has 0 N–H and O–H groups in total. The summed E-state index contributed by atoms with van der Waals surface area (Å²) >= 11 is 1.58. The van der Waals surface area contributed by atoms with E-state index >= 15 is 0 Å². The molecule has 0 aliphatic carbocycles. The smallest absolute Gasteiger partial charge is 0.255 e. The third-order valence-corrected chi connectivity index (χ3v) is 5.44. The van der Waals surface area contributed by atoms with Crippen LogP contribution in [0.4, 0.5) is 8.78 Å². The van der Waals surface area contributed by atoms with E-state index in [1.54, 1.807) is 28.3 Å². The highest BCUT2D eigenvalue weighted by atomic mass is 32.1. The highest BCUT2D eigenvalue weighted by molar-refractivity contribution is 7.15. The Morgan fingerprint density at radius 3 is 2.64 bits per heavy atom. The van der Waals surface area contributed by atoms with Crippen molar-refractivity contribution in [2.75, 3.05) is 13.1 Å². The van der Waals surface area contributed by atoms with E-state index in [4.69, 9.17) is 4.98 Å². The van der Waals surface area contributed by atoms with Crippen molar-refractivity contribution in [1.29, 1.82) is 0 Å². The van der Waals surface area contributed by atoms with Crippen molar-refractivity contribution in [3.8, 4) is 10.6 Å². The number of halogens is 2. The fourth-order valence-electron chi connectivity index (χ4n) is 3.15. The lowest BCUT2D eigenvalue weighted by Crippen LogP contribution is -2.35. The highest BCUT2D eigenvalue weighted by Crippen LogP contribution is 2.31. The number of amides is 1. The number of aromatic nitrogens is 3. The quantitative estimate of drug-likeness (QED) is 0.544. The summed E-state index contributed by atoms with van der Waals surface area (Å²) < 4.78 is 27.8. The normalized spacial score (nSPS) is 11.7. The second-order valence-electron chi connectivity index (χ2n) is 7.03. The molecule has 3 heterocycles. The Hall–Kier alpha value is -2.35. The summed E-state index contributed by atoms with van der Waals surface area (Å²) in [5.74, 6) is -0.410. The molecule has 0 saturated heterocycles. The average Bonchev–Trinajstić information content (AvgIpc) is 3.25. The lowest BCUT2D eigenvalue weighted by molar-refractivity contribution is 0.0557. The number of aryl methyl sites for hydroxylation is 1. The molecule has 28 heavy (non-hydrogen) atoms. The van der Waals surface area contributed by atoms with Crippen molar-refractivity contribution < 1.29 is 13.6 Å². The Kier molecular flexibility index (Phi) is 6.07. The second-order valence-corrected chi connectivity index (χ2v) is 8.32. The molecule has 0 saturated carbocycles. The molecule has 0 spiro atoms. The van der Waals surface area contributed by atoms with Crippen molar-refractivity contribution in [2.45, 2.75) is 46.6 Å². The molecule has 3 aromatic rings. The number of rotatable bonds is 7. The lowest BCUT2D eigenvalue weighted by atomic mass is 10.1. The zero-order chi connectivity index (χ0) is 20.4. The first kappa shape index (κ1) is 20.4. The van der Waals surface area contributed by atoms with E-state index in [1.807, 2.05) is 39.8 Å². The van der Waals surface area contributed by atoms with E-state index in [0.29, 0.717) is 28.7 Å². The molecule has 0 radical (unpaired) electrons. The van der Waals surface area contributed by atoms with Gasteiger partial charge in [-0.1, -0.05) is 6.92 Å². The number of thiophene rings is 1. The fraction of sp³-hybridized carbons (Fsp3) is 0.450. The molecular formula is C20H24F2N4OS. The van der Waals surface area contributed by atoms with Gasteiger partial charge in [0, 0.05) is 17.5 Å². The van der Waals surface area contributed by atoms with Gasteiger partial charge in [-0.2, -0.15) is 5.10 Å². The van der Waals surface area contributed by atoms with Crippen LogP contribution in [0, 0.1) is 6.92 Å². The topological polar surface area (TPSA) is 51.0 Å². The number of pyridine rings is 1. The van der Waals surface area contributed by atoms with Crippen LogP contribution in [0.2, 0.25) is 0 Å². The van der Waals surface area contributed by atoms with E-state index < -0.39 is 18.9 Å². The van der Waals surface area contributed by atoms with Crippen LogP contribution in [0.5, 0.6) is 0 Å². The summed E-state index contributed by atoms with van der Waals surface area (Å²) in [4.78, 5) is 21.2. The summed E-state index contributed by atoms with van der Waals surface area (Å²) in [7, 11) is 0. The highest BCUT2D eigenvalue weighted by Gasteiger charge is 2.24. The van der Waals surface area contributed by atoms with E-state index in [2.05, 4.69) is 5.10 Å². The van der Waals surface area contributed by atoms with Gasteiger partial charge in [-0.05, 0) is 45.4 Å². The molecule has 0 aromatic carbocycles. The van der Waals surface area contributed by atoms with Crippen LogP contribution in [-0.2, 0) is 0 Å². The molecule has 5 nitrogen and oxygen atoms in total. The summed E-state index contributed by atoms with van der Waals surface area (Å²) in [5.41, 5.74) is 1.62. The molecule has 0 aliphatic heterocycles. The predicted octanol–water partition coefficient (Wildman–Crippen LogP) is 5.17. The van der Waals surface area contributed by atoms with Crippen molar-refractivity contribution in [3.05, 3.63) is 34.8 Å². The molecular weight excluding hydrogens is 382 g/mol. The van der Waals surface area contributed by atoms with Gasteiger partial charge in [0.2, 0.25) is 0 Å². The third kappa shape index (κ3) is 4.06. The summed E-state index contributed by atoms with van der Waals surface area (Å²) in [5, 5.41) is 4.97. The number of fused-ring (bicyclic) bond motifs is 1. The molecule has 0 aliphatic rings. The minimum Gasteiger partial charge on any atom is -0.333 e. The minimum atomic E-state index is -2.58. The molecule has 8 heteroatoms. The molecule has 1 amide bonds. The Labute approximate surface area is 167 Å². The molecule has 0 unspecified atom stereocenters. The number of hydrogen-bond acceptors (Lipinski definition) is 4. The monoisotopic (exact) mass is 406 g/mol. The van der Waals surface area contributed by atoms with E-state index in [0.717, 1.165) is 9.75 Å². The molecule has 0 bridgehead atoms. The van der Waals surface area contributed by atoms with Crippen LogP contribution in [0.1, 0.15) is 48.5 Å². The zero-order valence-corrected chi connectivity index (χ0v) is 17.3. The van der Waals surface area contributed by atoms with Crippen LogP contribution >= 0.6 is 11.3 Å². The standard InChI is InChI=1S/C20H24F2N4OS/c1-5-8-25(11-18(21)22)20(27)14-9-16(17-7-6-13(4)28-17)24-19-15(14)10-23-26(19)12(2)3/h6-7,9-10,12,18H,5,8,11H2,1-4H3. The molecule has 3 rings (SSSR count). The minimum absolute atomic E-state index is 0.0566. The van der Waals surface area contributed by atoms with Crippen molar-refractivity contribution in [3.63, 3.8) is 0 Å². The van der Waals surface area contributed by atoms with Crippen LogP contribution < -0.4 is 0 Å². The average molecular weight is 407 g/mol. The van der Waals surface area contributed by atoms with Gasteiger partial charge in [-0.3, -0.25) is 4.79 Å². The first-order valence-corrected chi connectivity index (χ1v) is 10.2. The number of alkyl halides is 2. The van der Waals surface area contributed by atoms with Gasteiger partial charge < -0.3 is 4.90 Å². The zero-order valence-electron chi connectivity index (χ0n) is 16.4. The van der Waals surface area contributed by atoms with Gasteiger partial charge in [0.05, 0.1) is 34.3 Å². The molecule has 3 aromatic heterocycles. The van der Waals surface area contributed by atoms with Crippen molar-refractivity contribution >= 4 is 28.3 Å². The fourth-order valence-corrected chi connectivity index (χ4v) is 3.98. The van der Waals surface area contributed by atoms with Gasteiger partial charge in [0.15, 0.2) is 5.65 Å². The SMILES string of the molecule is CCCN(CC(F)F)C(=O)c1cc(-c2ccc(C)s2)nc2c1cnn2C(C)C. The number of hydrogen-bond donors (Lipinski definition) is 0. The summed E-state index contributed by atoms with van der Waals surface area (Å²) in [6.45, 7) is 7.53. The van der Waals surface area contributed by atoms with Crippen LogP contribution in [0.25, 0.3) is 21.6 Å². The van der Waals surface area contributed by atoms with E-state index in [1.165, 1.54) is 4.90 Å². The van der Waals surface area contributed by atoms with Crippen molar-refractivity contribution in [2.24, 2.45) is 0 Å². The predicted molar refractivity (Wildman–Crippen MR) is 108 cm³/mol. The van der Waals surface area contributed by atoms with Crippen LogP contribution in [-0.4, -0.2) is 45.1 Å². The Bertz CT molecular complexity index is 980. The third-order valence-electron chi connectivity index (χ3n) is 4.42. The number of carbonyl (C=O) groups is 1. The first-order valence-electron chi connectivity index (χ1n) is 9.34. The molecule has 0 atom stereocenters. The van der Waals surface area contributed by atoms with E-state index in [9.17, 15) is 13.6 Å². The first-order chi connectivity index (χ1) is 13.3. The van der Waals surface area contributed by atoms with Gasteiger partial charge in [-0.25, -0.2) is 18.4 Å². The molecule has 150 valence electrons. The van der Waals surface area contributed by atoms with Gasteiger partial charge >= 0.3 is 0 Å². The van der Waals surface area contributed by atoms with Crippen molar-refractivity contribution in [1.82, 2.24) is 19.7 Å². The lowest BCUT2D eigenvalue weighted by Gasteiger charge is -2.22. The Morgan fingerprint density at radius 1 is 1.32 bits per heavy atom. The Balaban J connectivity index is 2.18. The number of carbonyl (C=O) groups excluding carboxylic acids is 1. The number of nitrogens with zero attached hydrogens (tertiary/aromatic N) is 4. The largest absolute Gasteiger partial charge is 0.333 e. The maximum Gasteiger partial charge on any atom is 0.255 e.